The Balaban J connectivity index is 2.24. The van der Waals surface area contributed by atoms with Gasteiger partial charge in [0.05, 0.1) is 16.9 Å². The van der Waals surface area contributed by atoms with Crippen molar-refractivity contribution in [1.29, 1.82) is 0 Å². The van der Waals surface area contributed by atoms with Gasteiger partial charge in [0.15, 0.2) is 0 Å². The summed E-state index contributed by atoms with van der Waals surface area (Å²) in [6.07, 6.45) is 2.07. The first-order valence-electron chi connectivity index (χ1n) is 7.94. The molecule has 1 aliphatic heterocycles. The van der Waals surface area contributed by atoms with Crippen LogP contribution in [0.4, 0.5) is 0 Å². The molecule has 0 spiro atoms. The SMILES string of the molecule is CCc1cccc(CC)c1-n1nc2c(c1C)CNC2(C)C. The van der Waals surface area contributed by atoms with Crippen molar-refractivity contribution in [1.82, 2.24) is 15.1 Å². The first-order chi connectivity index (χ1) is 9.99. The molecular formula is C18H25N3. The molecule has 0 amide bonds. The van der Waals surface area contributed by atoms with Gasteiger partial charge in [-0.25, -0.2) is 4.68 Å². The number of hydrogen-bond donors (Lipinski definition) is 1. The highest BCUT2D eigenvalue weighted by Crippen LogP contribution is 2.34. The topological polar surface area (TPSA) is 29.9 Å². The average Bonchev–Trinajstić information content (AvgIpc) is 2.96. The molecule has 0 saturated heterocycles. The number of hydrogen-bond acceptors (Lipinski definition) is 2. The van der Waals surface area contributed by atoms with Gasteiger partial charge in [-0.3, -0.25) is 0 Å². The van der Waals surface area contributed by atoms with Gasteiger partial charge < -0.3 is 5.32 Å². The predicted molar refractivity (Wildman–Crippen MR) is 86.9 cm³/mol. The van der Waals surface area contributed by atoms with E-state index in [1.54, 1.807) is 0 Å². The lowest BCUT2D eigenvalue weighted by Crippen LogP contribution is -2.30. The van der Waals surface area contributed by atoms with Crippen molar-refractivity contribution in [3.05, 3.63) is 46.3 Å². The minimum atomic E-state index is -0.0289. The van der Waals surface area contributed by atoms with E-state index in [2.05, 4.69) is 62.8 Å². The largest absolute Gasteiger partial charge is 0.302 e. The second-order valence-electron chi connectivity index (χ2n) is 6.43. The number of aryl methyl sites for hydroxylation is 2. The molecule has 1 aromatic carbocycles. The Labute approximate surface area is 127 Å². The van der Waals surface area contributed by atoms with Crippen molar-refractivity contribution in [2.24, 2.45) is 0 Å². The van der Waals surface area contributed by atoms with Crippen LogP contribution in [-0.2, 0) is 24.9 Å². The van der Waals surface area contributed by atoms with Crippen LogP contribution in [0, 0.1) is 6.92 Å². The van der Waals surface area contributed by atoms with Gasteiger partial charge in [0.25, 0.3) is 0 Å². The quantitative estimate of drug-likeness (QED) is 0.932. The molecule has 2 aromatic rings. The van der Waals surface area contributed by atoms with Gasteiger partial charge in [-0.05, 0) is 44.7 Å². The predicted octanol–water partition coefficient (Wildman–Crippen LogP) is 3.64. The highest BCUT2D eigenvalue weighted by atomic mass is 15.3. The van der Waals surface area contributed by atoms with Crippen molar-refractivity contribution >= 4 is 0 Å². The summed E-state index contributed by atoms with van der Waals surface area (Å²) in [6, 6.07) is 6.62. The van der Waals surface area contributed by atoms with Crippen LogP contribution in [0.3, 0.4) is 0 Å². The molecule has 0 atom stereocenters. The van der Waals surface area contributed by atoms with E-state index in [1.807, 2.05) is 0 Å². The summed E-state index contributed by atoms with van der Waals surface area (Å²) in [5.41, 5.74) is 7.87. The molecule has 3 rings (SSSR count). The summed E-state index contributed by atoms with van der Waals surface area (Å²) in [5.74, 6) is 0. The number of nitrogens with zero attached hydrogens (tertiary/aromatic N) is 2. The van der Waals surface area contributed by atoms with E-state index in [4.69, 9.17) is 5.10 Å². The molecule has 0 saturated carbocycles. The first kappa shape index (κ1) is 14.3. The average molecular weight is 283 g/mol. The zero-order chi connectivity index (χ0) is 15.2. The zero-order valence-electron chi connectivity index (χ0n) is 13.7. The van der Waals surface area contributed by atoms with E-state index >= 15 is 0 Å². The Bertz CT molecular complexity index is 658. The summed E-state index contributed by atoms with van der Waals surface area (Å²) in [7, 11) is 0. The van der Waals surface area contributed by atoms with Gasteiger partial charge in [-0.2, -0.15) is 5.10 Å². The third kappa shape index (κ3) is 2.11. The molecule has 0 radical (unpaired) electrons. The van der Waals surface area contributed by atoms with Crippen molar-refractivity contribution in [3.8, 4) is 5.69 Å². The minimum absolute atomic E-state index is 0.0289. The molecule has 112 valence electrons. The second kappa shape index (κ2) is 4.99. The number of aromatic nitrogens is 2. The maximum atomic E-state index is 4.98. The number of rotatable bonds is 3. The molecule has 21 heavy (non-hydrogen) atoms. The molecule has 1 aliphatic rings. The Morgan fingerprint density at radius 1 is 1.19 bits per heavy atom. The number of fused-ring (bicyclic) bond motifs is 1. The van der Waals surface area contributed by atoms with Crippen molar-refractivity contribution in [2.45, 2.75) is 59.5 Å². The molecule has 2 heterocycles. The van der Waals surface area contributed by atoms with Gasteiger partial charge in [0, 0.05) is 17.8 Å². The summed E-state index contributed by atoms with van der Waals surface area (Å²) in [4.78, 5) is 0. The number of para-hydroxylation sites is 1. The summed E-state index contributed by atoms with van der Waals surface area (Å²) in [6.45, 7) is 12.0. The lowest BCUT2D eigenvalue weighted by molar-refractivity contribution is 0.425. The van der Waals surface area contributed by atoms with Crippen LogP contribution in [-0.4, -0.2) is 9.78 Å². The number of benzene rings is 1. The smallest absolute Gasteiger partial charge is 0.0871 e. The maximum Gasteiger partial charge on any atom is 0.0871 e. The molecule has 0 fully saturated rings. The van der Waals surface area contributed by atoms with Crippen LogP contribution < -0.4 is 5.32 Å². The highest BCUT2D eigenvalue weighted by molar-refractivity contribution is 5.51. The van der Waals surface area contributed by atoms with Gasteiger partial charge in [-0.1, -0.05) is 32.0 Å². The molecule has 1 aromatic heterocycles. The zero-order valence-corrected chi connectivity index (χ0v) is 13.7. The highest BCUT2D eigenvalue weighted by Gasteiger charge is 2.35. The lowest BCUT2D eigenvalue weighted by atomic mass is 10.0. The molecule has 1 N–H and O–H groups in total. The normalized spacial score (nSPS) is 16.2. The van der Waals surface area contributed by atoms with Crippen LogP contribution >= 0.6 is 0 Å². The van der Waals surface area contributed by atoms with Crippen LogP contribution in [0.25, 0.3) is 5.69 Å². The van der Waals surface area contributed by atoms with Crippen LogP contribution in [0.1, 0.15) is 55.8 Å². The van der Waals surface area contributed by atoms with Crippen molar-refractivity contribution < 1.29 is 0 Å². The fourth-order valence-corrected chi connectivity index (χ4v) is 3.35. The van der Waals surface area contributed by atoms with Gasteiger partial charge in [0.1, 0.15) is 0 Å². The minimum Gasteiger partial charge on any atom is -0.302 e. The molecule has 3 nitrogen and oxygen atoms in total. The summed E-state index contributed by atoms with van der Waals surface area (Å²) in [5, 5.41) is 8.53. The van der Waals surface area contributed by atoms with Crippen molar-refractivity contribution in [3.63, 3.8) is 0 Å². The molecule has 0 unspecified atom stereocenters. The Kier molecular flexibility index (Phi) is 3.40. The summed E-state index contributed by atoms with van der Waals surface area (Å²) >= 11 is 0. The maximum absolute atomic E-state index is 4.98. The van der Waals surface area contributed by atoms with E-state index in [0.717, 1.165) is 19.4 Å². The molecule has 0 aliphatic carbocycles. The fourth-order valence-electron chi connectivity index (χ4n) is 3.35. The van der Waals surface area contributed by atoms with Crippen LogP contribution in [0.5, 0.6) is 0 Å². The number of nitrogens with one attached hydrogen (secondary N) is 1. The second-order valence-corrected chi connectivity index (χ2v) is 6.43. The standard InChI is InChI=1S/C18H25N3/c1-6-13-9-8-10-14(7-2)16(13)21-12(3)15-11-19-18(4,5)17(15)20-21/h8-10,19H,6-7,11H2,1-5H3. The lowest BCUT2D eigenvalue weighted by Gasteiger charge is -2.19. The van der Waals surface area contributed by atoms with E-state index < -0.39 is 0 Å². The fraction of sp³-hybridized carbons (Fsp3) is 0.500. The Morgan fingerprint density at radius 3 is 2.33 bits per heavy atom. The van der Waals surface area contributed by atoms with Gasteiger partial charge in [-0.15, -0.1) is 0 Å². The van der Waals surface area contributed by atoms with E-state index in [0.29, 0.717) is 0 Å². The first-order valence-corrected chi connectivity index (χ1v) is 7.94. The summed E-state index contributed by atoms with van der Waals surface area (Å²) < 4.78 is 2.19. The molecule has 0 bridgehead atoms. The van der Waals surface area contributed by atoms with Gasteiger partial charge >= 0.3 is 0 Å². The Hall–Kier alpha value is -1.61. The third-order valence-corrected chi connectivity index (χ3v) is 4.72. The Morgan fingerprint density at radius 2 is 1.81 bits per heavy atom. The van der Waals surface area contributed by atoms with Crippen molar-refractivity contribution in [2.75, 3.05) is 0 Å². The third-order valence-electron chi connectivity index (χ3n) is 4.72. The van der Waals surface area contributed by atoms with E-state index in [-0.39, 0.29) is 5.54 Å². The van der Waals surface area contributed by atoms with Crippen LogP contribution in [0.15, 0.2) is 18.2 Å². The van der Waals surface area contributed by atoms with E-state index in [1.165, 1.54) is 33.8 Å². The molecule has 3 heteroatoms. The van der Waals surface area contributed by atoms with E-state index in [9.17, 15) is 0 Å². The van der Waals surface area contributed by atoms with Gasteiger partial charge in [0.2, 0.25) is 0 Å². The van der Waals surface area contributed by atoms with Crippen LogP contribution in [0.2, 0.25) is 0 Å². The molecular weight excluding hydrogens is 258 g/mol. The monoisotopic (exact) mass is 283 g/mol.